The van der Waals surface area contributed by atoms with Gasteiger partial charge in [-0.25, -0.2) is 0 Å². The zero-order chi connectivity index (χ0) is 12.2. The van der Waals surface area contributed by atoms with Crippen molar-refractivity contribution in [3.8, 4) is 5.75 Å². The first-order chi connectivity index (χ1) is 7.46. The van der Waals surface area contributed by atoms with Gasteiger partial charge in [-0.2, -0.15) is 0 Å². The summed E-state index contributed by atoms with van der Waals surface area (Å²) >= 11 is 2.46. The minimum absolute atomic E-state index is 0.265. The van der Waals surface area contributed by atoms with Crippen molar-refractivity contribution in [1.82, 2.24) is 0 Å². The zero-order valence-corrected chi connectivity index (χ0v) is 12.2. The fourth-order valence-corrected chi connectivity index (χ4v) is 2.04. The van der Waals surface area contributed by atoms with Crippen LogP contribution >= 0.6 is 22.6 Å². The molecule has 0 aliphatic heterocycles. The third-order valence-electron chi connectivity index (χ3n) is 2.18. The van der Waals surface area contributed by atoms with E-state index in [2.05, 4.69) is 60.9 Å². The maximum atomic E-state index is 5.28. The van der Waals surface area contributed by atoms with E-state index in [1.807, 2.05) is 12.1 Å². The van der Waals surface area contributed by atoms with Crippen LogP contribution in [0.4, 0.5) is 0 Å². The van der Waals surface area contributed by atoms with E-state index in [-0.39, 0.29) is 3.42 Å². The van der Waals surface area contributed by atoms with Crippen LogP contribution in [0.1, 0.15) is 25.0 Å². The number of rotatable bonds is 4. The van der Waals surface area contributed by atoms with E-state index in [0.29, 0.717) is 0 Å². The number of benzene rings is 1. The summed E-state index contributed by atoms with van der Waals surface area (Å²) in [6.07, 6.45) is 2.89. The summed E-state index contributed by atoms with van der Waals surface area (Å²) in [6, 6.07) is 6.25. The highest BCUT2D eigenvalue weighted by atomic mass is 127. The molecule has 1 nitrogen and oxygen atoms in total. The highest BCUT2D eigenvalue weighted by molar-refractivity contribution is 14.1. The SMILES string of the molecule is C=C=Cc1cc(CC(C)(C)I)ccc1OC. The summed E-state index contributed by atoms with van der Waals surface area (Å²) in [7, 11) is 1.68. The fourth-order valence-electron chi connectivity index (χ4n) is 1.60. The Morgan fingerprint density at radius 3 is 2.69 bits per heavy atom. The van der Waals surface area contributed by atoms with Crippen LogP contribution in [-0.4, -0.2) is 10.5 Å². The molecule has 0 atom stereocenters. The molecule has 1 aromatic carbocycles. The van der Waals surface area contributed by atoms with Crippen LogP contribution in [0.2, 0.25) is 0 Å². The molecule has 0 saturated heterocycles. The third-order valence-corrected chi connectivity index (χ3v) is 2.56. The first-order valence-electron chi connectivity index (χ1n) is 5.18. The molecule has 16 heavy (non-hydrogen) atoms. The Morgan fingerprint density at radius 1 is 1.50 bits per heavy atom. The van der Waals surface area contributed by atoms with E-state index in [4.69, 9.17) is 4.74 Å². The number of halogens is 1. The lowest BCUT2D eigenvalue weighted by atomic mass is 10.0. The summed E-state index contributed by atoms with van der Waals surface area (Å²) in [4.78, 5) is 0. The molecule has 2 heteroatoms. The van der Waals surface area contributed by atoms with Crippen molar-refractivity contribution < 1.29 is 4.74 Å². The maximum Gasteiger partial charge on any atom is 0.126 e. The molecule has 0 radical (unpaired) electrons. The monoisotopic (exact) mass is 328 g/mol. The quantitative estimate of drug-likeness (QED) is 0.456. The maximum absolute atomic E-state index is 5.28. The van der Waals surface area contributed by atoms with Crippen LogP contribution in [0.3, 0.4) is 0 Å². The molecule has 0 amide bonds. The van der Waals surface area contributed by atoms with Gasteiger partial charge in [0.05, 0.1) is 7.11 Å². The molecule has 0 unspecified atom stereocenters. The predicted molar refractivity (Wildman–Crippen MR) is 78.4 cm³/mol. The second-order valence-electron chi connectivity index (χ2n) is 4.32. The van der Waals surface area contributed by atoms with Crippen LogP contribution in [-0.2, 0) is 6.42 Å². The van der Waals surface area contributed by atoms with Gasteiger partial charge in [0.15, 0.2) is 0 Å². The fraction of sp³-hybridized carbons (Fsp3) is 0.357. The van der Waals surface area contributed by atoms with Gasteiger partial charge in [0.25, 0.3) is 0 Å². The minimum Gasteiger partial charge on any atom is -0.496 e. The number of ether oxygens (including phenoxy) is 1. The standard InChI is InChI=1S/C14H17IO/c1-5-6-12-9-11(10-14(2,3)15)7-8-13(12)16-4/h6-9H,1,10H2,2-4H3. The first kappa shape index (κ1) is 13.3. The number of methoxy groups -OCH3 is 1. The molecule has 0 aliphatic rings. The van der Waals surface area contributed by atoms with Gasteiger partial charge in [0, 0.05) is 8.99 Å². The van der Waals surface area contributed by atoms with E-state index in [9.17, 15) is 0 Å². The zero-order valence-electron chi connectivity index (χ0n) is 10.0. The van der Waals surface area contributed by atoms with Crippen molar-refractivity contribution in [2.24, 2.45) is 0 Å². The van der Waals surface area contributed by atoms with Crippen LogP contribution < -0.4 is 4.74 Å². The molecule has 1 aromatic rings. The third kappa shape index (κ3) is 4.03. The topological polar surface area (TPSA) is 9.23 Å². The van der Waals surface area contributed by atoms with Gasteiger partial charge in [-0.05, 0) is 30.2 Å². The minimum atomic E-state index is 0.265. The van der Waals surface area contributed by atoms with Gasteiger partial charge < -0.3 is 4.74 Å². The van der Waals surface area contributed by atoms with Crippen LogP contribution in [0.25, 0.3) is 6.08 Å². The van der Waals surface area contributed by atoms with Crippen molar-refractivity contribution in [3.05, 3.63) is 41.6 Å². The average molecular weight is 328 g/mol. The molecule has 0 spiro atoms. The Bertz CT molecular complexity index is 409. The molecular formula is C14H17IO. The lowest BCUT2D eigenvalue weighted by Crippen LogP contribution is -2.13. The molecule has 0 bridgehead atoms. The Hall–Kier alpha value is -0.730. The van der Waals surface area contributed by atoms with Crippen molar-refractivity contribution in [1.29, 1.82) is 0 Å². The van der Waals surface area contributed by atoms with E-state index in [0.717, 1.165) is 17.7 Å². The molecule has 0 aromatic heterocycles. The van der Waals surface area contributed by atoms with E-state index in [1.54, 1.807) is 7.11 Å². The highest BCUT2D eigenvalue weighted by Crippen LogP contribution is 2.26. The lowest BCUT2D eigenvalue weighted by Gasteiger charge is -2.17. The average Bonchev–Trinajstić information content (AvgIpc) is 2.16. The Kier molecular flexibility index (Phi) is 4.63. The van der Waals surface area contributed by atoms with Gasteiger partial charge in [0.1, 0.15) is 5.75 Å². The van der Waals surface area contributed by atoms with E-state index < -0.39 is 0 Å². The van der Waals surface area contributed by atoms with Crippen molar-refractivity contribution in [3.63, 3.8) is 0 Å². The summed E-state index contributed by atoms with van der Waals surface area (Å²) in [6.45, 7) is 8.04. The summed E-state index contributed by atoms with van der Waals surface area (Å²) in [5, 5.41) is 0. The smallest absolute Gasteiger partial charge is 0.126 e. The number of alkyl halides is 1. The van der Waals surface area contributed by atoms with Gasteiger partial charge in [-0.15, -0.1) is 5.73 Å². The van der Waals surface area contributed by atoms with Crippen LogP contribution in [0, 0.1) is 0 Å². The molecule has 0 fully saturated rings. The van der Waals surface area contributed by atoms with Crippen molar-refractivity contribution >= 4 is 28.7 Å². The molecule has 86 valence electrons. The van der Waals surface area contributed by atoms with E-state index in [1.165, 1.54) is 5.56 Å². The molecule has 1 rings (SSSR count). The highest BCUT2D eigenvalue weighted by Gasteiger charge is 2.14. The summed E-state index contributed by atoms with van der Waals surface area (Å²) in [5.74, 6) is 0.867. The van der Waals surface area contributed by atoms with Gasteiger partial charge >= 0.3 is 0 Å². The van der Waals surface area contributed by atoms with Crippen LogP contribution in [0.5, 0.6) is 5.75 Å². The van der Waals surface area contributed by atoms with Gasteiger partial charge in [-0.1, -0.05) is 49.1 Å². The van der Waals surface area contributed by atoms with Gasteiger partial charge in [-0.3, -0.25) is 0 Å². The number of hydrogen-bond acceptors (Lipinski definition) is 1. The first-order valence-corrected chi connectivity index (χ1v) is 6.26. The largest absolute Gasteiger partial charge is 0.496 e. The molecule has 0 N–H and O–H groups in total. The molecule has 0 heterocycles. The summed E-state index contributed by atoms with van der Waals surface area (Å²) < 4.78 is 5.55. The van der Waals surface area contributed by atoms with Crippen LogP contribution in [0.15, 0.2) is 30.5 Å². The Balaban J connectivity index is 3.07. The van der Waals surface area contributed by atoms with Crippen molar-refractivity contribution in [2.75, 3.05) is 7.11 Å². The van der Waals surface area contributed by atoms with E-state index >= 15 is 0 Å². The number of hydrogen-bond donors (Lipinski definition) is 0. The molecule has 0 saturated carbocycles. The van der Waals surface area contributed by atoms with Gasteiger partial charge in [0.2, 0.25) is 0 Å². The second-order valence-corrected chi connectivity index (χ2v) is 7.24. The Labute approximate surface area is 111 Å². The molecular weight excluding hydrogens is 311 g/mol. The Morgan fingerprint density at radius 2 is 2.19 bits per heavy atom. The lowest BCUT2D eigenvalue weighted by molar-refractivity contribution is 0.413. The normalized spacial score (nSPS) is 10.8. The summed E-state index contributed by atoms with van der Waals surface area (Å²) in [5.41, 5.74) is 5.14. The molecule has 0 aliphatic carbocycles. The predicted octanol–water partition coefficient (Wildman–Crippen LogP) is 4.25. The second kappa shape index (κ2) is 5.55. The van der Waals surface area contributed by atoms with Crippen molar-refractivity contribution in [2.45, 2.75) is 23.7 Å².